The molecule has 2 fully saturated rings. The van der Waals surface area contributed by atoms with Crippen molar-refractivity contribution in [2.24, 2.45) is 0 Å². The van der Waals surface area contributed by atoms with Crippen LogP contribution >= 0.6 is 22.9 Å². The molecule has 2 aliphatic rings. The summed E-state index contributed by atoms with van der Waals surface area (Å²) in [5, 5.41) is 11.4. The summed E-state index contributed by atoms with van der Waals surface area (Å²) in [5.74, 6) is -0.647. The van der Waals surface area contributed by atoms with Gasteiger partial charge in [-0.2, -0.15) is 4.98 Å². The van der Waals surface area contributed by atoms with Crippen LogP contribution in [-0.2, 0) is 0 Å². The average molecular weight is 475 g/mol. The van der Waals surface area contributed by atoms with E-state index < -0.39 is 18.2 Å². The molecule has 1 amide bonds. The summed E-state index contributed by atoms with van der Waals surface area (Å²) in [7, 11) is 0. The normalized spacial score (nSPS) is 21.2. The second-order valence-corrected chi connectivity index (χ2v) is 8.58. The number of hydrogen-bond donors (Lipinski definition) is 1. The van der Waals surface area contributed by atoms with Gasteiger partial charge in [0, 0.05) is 24.7 Å². The zero-order valence-electron chi connectivity index (χ0n) is 15.6. The van der Waals surface area contributed by atoms with Crippen LogP contribution in [-0.4, -0.2) is 57.6 Å². The molecule has 5 rings (SSSR count). The summed E-state index contributed by atoms with van der Waals surface area (Å²) in [6.45, 7) is 0.650. The van der Waals surface area contributed by atoms with Crippen molar-refractivity contribution in [3.8, 4) is 16.3 Å². The minimum Gasteiger partial charge on any atom is -0.465 e. The number of carboxylic acid groups (broad SMARTS) is 1. The Hall–Kier alpha value is -2.73. The van der Waals surface area contributed by atoms with Gasteiger partial charge >= 0.3 is 12.5 Å². The van der Waals surface area contributed by atoms with Gasteiger partial charge in [-0.3, -0.25) is 4.90 Å². The lowest BCUT2D eigenvalue weighted by molar-refractivity contribution is -0.274. The zero-order chi connectivity index (χ0) is 21.9. The topological polar surface area (TPSA) is 91.9 Å². The van der Waals surface area contributed by atoms with E-state index in [-0.39, 0.29) is 34.2 Å². The highest BCUT2D eigenvalue weighted by molar-refractivity contribution is 7.13. The van der Waals surface area contributed by atoms with Gasteiger partial charge in [0.1, 0.15) is 5.01 Å². The molecule has 0 radical (unpaired) electrons. The third-order valence-electron chi connectivity index (χ3n) is 5.42. The highest BCUT2D eigenvalue weighted by Gasteiger charge is 2.44. The van der Waals surface area contributed by atoms with Crippen molar-refractivity contribution in [3.63, 3.8) is 0 Å². The van der Waals surface area contributed by atoms with Crippen LogP contribution < -0.4 is 9.64 Å². The fourth-order valence-electron chi connectivity index (χ4n) is 4.25. The Kier molecular flexibility index (Phi) is 4.66. The van der Waals surface area contributed by atoms with E-state index in [2.05, 4.69) is 14.7 Å². The van der Waals surface area contributed by atoms with Crippen molar-refractivity contribution in [2.75, 3.05) is 18.0 Å². The highest BCUT2D eigenvalue weighted by Crippen LogP contribution is 2.44. The Bertz CT molecular complexity index is 1140. The zero-order valence-corrected chi connectivity index (χ0v) is 17.2. The first kappa shape index (κ1) is 20.2. The van der Waals surface area contributed by atoms with Crippen molar-refractivity contribution < 1.29 is 32.2 Å². The van der Waals surface area contributed by atoms with Crippen LogP contribution in [0.25, 0.3) is 21.7 Å². The first-order valence-electron chi connectivity index (χ1n) is 9.26. The molecule has 0 saturated carbocycles. The third kappa shape index (κ3) is 3.53. The van der Waals surface area contributed by atoms with Crippen LogP contribution in [0.1, 0.15) is 12.8 Å². The number of amides is 1. The molecule has 2 aromatic heterocycles. The van der Waals surface area contributed by atoms with E-state index in [4.69, 9.17) is 16.0 Å². The van der Waals surface area contributed by atoms with Gasteiger partial charge in [0.2, 0.25) is 0 Å². The number of ether oxygens (including phenoxy) is 1. The maximum Gasteiger partial charge on any atom is 0.573 e. The van der Waals surface area contributed by atoms with Gasteiger partial charge < -0.3 is 19.2 Å². The van der Waals surface area contributed by atoms with Crippen LogP contribution in [0.5, 0.6) is 5.75 Å². The van der Waals surface area contributed by atoms with Gasteiger partial charge in [0.05, 0.1) is 22.7 Å². The minimum atomic E-state index is -4.97. The van der Waals surface area contributed by atoms with Crippen LogP contribution in [0.15, 0.2) is 22.1 Å². The monoisotopic (exact) mass is 474 g/mol. The standard InChI is InChI=1S/C18H14ClF3N4O4S/c19-11-5-10(15-23-3-4-31-15)13-12(14(11)30-18(20,21)22)24-16(29-13)25-6-8-1-2-9(7-25)26(8)17(27)28/h3-5,8-9H,1-2,6-7H2,(H,27,28). The van der Waals surface area contributed by atoms with Gasteiger partial charge in [0.15, 0.2) is 16.8 Å². The van der Waals surface area contributed by atoms with E-state index in [0.29, 0.717) is 36.5 Å². The Morgan fingerprint density at radius 3 is 2.61 bits per heavy atom. The molecule has 0 aliphatic carbocycles. The number of benzene rings is 1. The van der Waals surface area contributed by atoms with E-state index in [9.17, 15) is 23.1 Å². The summed E-state index contributed by atoms with van der Waals surface area (Å²) in [6.07, 6.45) is -2.99. The number of thiazole rings is 1. The fraction of sp³-hybridized carbons (Fsp3) is 0.389. The number of fused-ring (bicyclic) bond motifs is 3. The first-order valence-corrected chi connectivity index (χ1v) is 10.5. The summed E-state index contributed by atoms with van der Waals surface area (Å²) in [5.41, 5.74) is 0.301. The number of aromatic nitrogens is 2. The van der Waals surface area contributed by atoms with E-state index in [1.54, 1.807) is 16.5 Å². The predicted molar refractivity (Wildman–Crippen MR) is 106 cm³/mol. The molecular weight excluding hydrogens is 461 g/mol. The molecule has 8 nitrogen and oxygen atoms in total. The van der Waals surface area contributed by atoms with Gasteiger partial charge in [0.25, 0.3) is 6.01 Å². The Morgan fingerprint density at radius 1 is 1.32 bits per heavy atom. The Balaban J connectivity index is 1.60. The number of oxazole rings is 1. The van der Waals surface area contributed by atoms with E-state index in [0.717, 1.165) is 0 Å². The second kappa shape index (κ2) is 7.16. The Morgan fingerprint density at radius 2 is 2.03 bits per heavy atom. The van der Waals surface area contributed by atoms with Crippen molar-refractivity contribution in [2.45, 2.75) is 31.3 Å². The molecule has 2 unspecified atom stereocenters. The van der Waals surface area contributed by atoms with E-state index >= 15 is 0 Å². The molecule has 2 aliphatic heterocycles. The number of halogens is 4. The van der Waals surface area contributed by atoms with Gasteiger partial charge in [-0.1, -0.05) is 11.6 Å². The summed E-state index contributed by atoms with van der Waals surface area (Å²) in [6, 6.07) is 0.924. The maximum absolute atomic E-state index is 13.0. The first-order chi connectivity index (χ1) is 14.7. The smallest absolute Gasteiger partial charge is 0.465 e. The van der Waals surface area contributed by atoms with Crippen molar-refractivity contribution in [1.29, 1.82) is 0 Å². The summed E-state index contributed by atoms with van der Waals surface area (Å²) in [4.78, 5) is 23.2. The van der Waals surface area contributed by atoms with Crippen LogP contribution in [0, 0.1) is 0 Å². The predicted octanol–water partition coefficient (Wildman–Crippen LogP) is 4.83. The maximum atomic E-state index is 13.0. The molecular formula is C18H14ClF3N4O4S. The number of alkyl halides is 3. The van der Waals surface area contributed by atoms with E-state index in [1.165, 1.54) is 22.3 Å². The molecule has 3 aromatic rings. The van der Waals surface area contributed by atoms with Crippen molar-refractivity contribution >= 4 is 46.1 Å². The van der Waals surface area contributed by atoms with Crippen molar-refractivity contribution in [3.05, 3.63) is 22.7 Å². The lowest BCUT2D eigenvalue weighted by Gasteiger charge is -2.38. The van der Waals surface area contributed by atoms with Crippen LogP contribution in [0.3, 0.4) is 0 Å². The van der Waals surface area contributed by atoms with Crippen LogP contribution in [0.4, 0.5) is 24.0 Å². The molecule has 13 heteroatoms. The Labute approximate surface area is 181 Å². The second-order valence-electron chi connectivity index (χ2n) is 7.27. The molecule has 31 heavy (non-hydrogen) atoms. The average Bonchev–Trinajstić information content (AvgIpc) is 3.41. The lowest BCUT2D eigenvalue weighted by atomic mass is 10.2. The van der Waals surface area contributed by atoms with E-state index in [1.807, 2.05) is 0 Å². The minimum absolute atomic E-state index is 0.0709. The SMILES string of the molecule is O=C(O)N1C2CCC1CN(c1nc3c(OC(F)(F)F)c(Cl)cc(-c4nccs4)c3o1)C2. The van der Waals surface area contributed by atoms with Crippen molar-refractivity contribution in [1.82, 2.24) is 14.9 Å². The number of anilines is 1. The number of nitrogens with zero attached hydrogens (tertiary/aromatic N) is 4. The van der Waals surface area contributed by atoms with Gasteiger partial charge in [-0.15, -0.1) is 24.5 Å². The third-order valence-corrected chi connectivity index (χ3v) is 6.50. The molecule has 2 bridgehead atoms. The van der Waals surface area contributed by atoms with Gasteiger partial charge in [-0.25, -0.2) is 9.78 Å². The highest BCUT2D eigenvalue weighted by atomic mass is 35.5. The number of carbonyl (C=O) groups is 1. The molecule has 1 N–H and O–H groups in total. The number of hydrogen-bond acceptors (Lipinski definition) is 7. The number of piperazine rings is 1. The van der Waals surface area contributed by atoms with Gasteiger partial charge in [-0.05, 0) is 18.9 Å². The molecule has 0 spiro atoms. The lowest BCUT2D eigenvalue weighted by Crippen LogP contribution is -2.55. The quantitative estimate of drug-likeness (QED) is 0.581. The number of rotatable bonds is 3. The fourth-order valence-corrected chi connectivity index (χ4v) is 5.14. The summed E-state index contributed by atoms with van der Waals surface area (Å²) >= 11 is 7.39. The molecule has 1 aromatic carbocycles. The molecule has 2 atom stereocenters. The molecule has 164 valence electrons. The molecule has 4 heterocycles. The summed E-state index contributed by atoms with van der Waals surface area (Å²) < 4.78 is 49.0. The van der Waals surface area contributed by atoms with Crippen LogP contribution in [0.2, 0.25) is 5.02 Å². The largest absolute Gasteiger partial charge is 0.573 e. The molecule has 2 saturated heterocycles.